The van der Waals surface area contributed by atoms with Gasteiger partial charge in [0.25, 0.3) is 0 Å². The predicted molar refractivity (Wildman–Crippen MR) is 45.4 cm³/mol. The van der Waals surface area contributed by atoms with Gasteiger partial charge < -0.3 is 14.9 Å². The van der Waals surface area contributed by atoms with E-state index in [2.05, 4.69) is 0 Å². The molecule has 0 saturated carbocycles. The molecule has 3 N–H and O–H groups in total. The van der Waals surface area contributed by atoms with E-state index in [1.54, 1.807) is 0 Å². The SMILES string of the molecule is O=P(O)(O)CCO.[NaH].[NaH].[NaH]. The van der Waals surface area contributed by atoms with Gasteiger partial charge in [-0.2, -0.15) is 0 Å². The third-order valence-electron chi connectivity index (χ3n) is 0.391. The Labute approximate surface area is 126 Å². The van der Waals surface area contributed by atoms with E-state index < -0.39 is 20.4 Å². The molecule has 8 heteroatoms. The molecule has 0 aliphatic rings. The van der Waals surface area contributed by atoms with Crippen LogP contribution in [-0.2, 0) is 4.57 Å². The van der Waals surface area contributed by atoms with Crippen molar-refractivity contribution in [1.82, 2.24) is 0 Å². The molecule has 0 unspecified atom stereocenters. The van der Waals surface area contributed by atoms with Crippen LogP contribution in [0.1, 0.15) is 0 Å². The minimum absolute atomic E-state index is 0. The average molecular weight is 198 g/mol. The van der Waals surface area contributed by atoms with Crippen LogP contribution < -0.4 is 0 Å². The number of hydrogen-bond donors (Lipinski definition) is 3. The quantitative estimate of drug-likeness (QED) is 0.331. The van der Waals surface area contributed by atoms with E-state index in [9.17, 15) is 4.57 Å². The minimum atomic E-state index is -3.92. The number of rotatable bonds is 2. The van der Waals surface area contributed by atoms with Crippen molar-refractivity contribution in [2.75, 3.05) is 12.8 Å². The van der Waals surface area contributed by atoms with E-state index in [1.807, 2.05) is 0 Å². The van der Waals surface area contributed by atoms with Gasteiger partial charge >= 0.3 is 96.3 Å². The molecule has 0 aliphatic carbocycles. The van der Waals surface area contributed by atoms with Gasteiger partial charge in [0.1, 0.15) is 0 Å². The standard InChI is InChI=1S/C2H7O4P.3Na.3H/c3-1-2-7(4,5)6;;;;;;/h3H,1-2H2,(H2,4,5,6);;;;;;. The summed E-state index contributed by atoms with van der Waals surface area (Å²) in [4.78, 5) is 15.9. The van der Waals surface area contributed by atoms with Gasteiger partial charge in [0.05, 0.1) is 12.8 Å². The molecule has 50 valence electrons. The molecule has 4 nitrogen and oxygen atoms in total. The van der Waals surface area contributed by atoms with Crippen LogP contribution >= 0.6 is 7.60 Å². The molecule has 0 aromatic heterocycles. The first-order valence-corrected chi connectivity index (χ1v) is 3.51. The Bertz CT molecular complexity index is 92.5. The topological polar surface area (TPSA) is 77.8 Å². The normalized spacial score (nSPS) is 8.30. The molecule has 0 aromatic carbocycles. The second-order valence-electron chi connectivity index (χ2n) is 1.11. The fourth-order valence-corrected chi connectivity index (χ4v) is 0.391. The molecule has 10 heavy (non-hydrogen) atoms. The summed E-state index contributed by atoms with van der Waals surface area (Å²) in [5.74, 6) is 0. The zero-order valence-electron chi connectivity index (χ0n) is 3.61. The number of aliphatic hydroxyl groups excluding tert-OH is 1. The maximum atomic E-state index is 9.77. The van der Waals surface area contributed by atoms with Crippen molar-refractivity contribution in [2.24, 2.45) is 0 Å². The van der Waals surface area contributed by atoms with Crippen molar-refractivity contribution in [3.05, 3.63) is 0 Å². The van der Waals surface area contributed by atoms with Crippen molar-refractivity contribution in [2.45, 2.75) is 0 Å². The molecule has 0 heterocycles. The Morgan fingerprint density at radius 3 is 1.40 bits per heavy atom. The summed E-state index contributed by atoms with van der Waals surface area (Å²) in [6.07, 6.45) is -0.438. The zero-order chi connectivity index (χ0) is 5.91. The molecule has 0 rings (SSSR count). The summed E-state index contributed by atoms with van der Waals surface area (Å²) in [5.41, 5.74) is 0. The summed E-state index contributed by atoms with van der Waals surface area (Å²) in [7, 11) is -3.92. The van der Waals surface area contributed by atoms with Crippen LogP contribution in [0, 0.1) is 0 Å². The van der Waals surface area contributed by atoms with Gasteiger partial charge in [-0.25, -0.2) is 0 Å². The molecular formula is C2H10Na3O4P. The van der Waals surface area contributed by atoms with Gasteiger partial charge in [0, 0.05) is 0 Å². The molecule has 0 saturated heterocycles. The fraction of sp³-hybridized carbons (Fsp3) is 1.00. The van der Waals surface area contributed by atoms with Crippen LogP contribution in [0.25, 0.3) is 0 Å². The summed E-state index contributed by atoms with van der Waals surface area (Å²) in [5, 5.41) is 7.91. The summed E-state index contributed by atoms with van der Waals surface area (Å²) in [6, 6.07) is 0. The summed E-state index contributed by atoms with van der Waals surface area (Å²) < 4.78 is 9.77. The van der Waals surface area contributed by atoms with Gasteiger partial charge in [0.15, 0.2) is 0 Å². The Morgan fingerprint density at radius 1 is 1.10 bits per heavy atom. The first kappa shape index (κ1) is 23.2. The van der Waals surface area contributed by atoms with Crippen LogP contribution in [-0.4, -0.2) is 116 Å². The van der Waals surface area contributed by atoms with Crippen LogP contribution in [0.15, 0.2) is 0 Å². The molecule has 0 radical (unpaired) electrons. The van der Waals surface area contributed by atoms with Crippen molar-refractivity contribution in [3.8, 4) is 0 Å². The van der Waals surface area contributed by atoms with E-state index >= 15 is 0 Å². The molecule has 0 spiro atoms. The predicted octanol–water partition coefficient (Wildman–Crippen LogP) is -2.79. The van der Waals surface area contributed by atoms with Crippen LogP contribution in [0.2, 0.25) is 0 Å². The second-order valence-corrected chi connectivity index (χ2v) is 2.89. The Kier molecular flexibility index (Phi) is 28.1. The fourth-order valence-electron chi connectivity index (χ4n) is 0.130. The Balaban J connectivity index is -0.0000000600. The third-order valence-corrected chi connectivity index (χ3v) is 1.17. The van der Waals surface area contributed by atoms with Gasteiger partial charge in [-0.1, -0.05) is 0 Å². The van der Waals surface area contributed by atoms with Gasteiger partial charge in [-0.3, -0.25) is 4.57 Å². The number of aliphatic hydroxyl groups is 1. The van der Waals surface area contributed by atoms with Gasteiger partial charge in [0.2, 0.25) is 0 Å². The zero-order valence-corrected chi connectivity index (χ0v) is 4.51. The molecule has 0 aromatic rings. The van der Waals surface area contributed by atoms with Crippen molar-refractivity contribution >= 4 is 96.3 Å². The van der Waals surface area contributed by atoms with Crippen LogP contribution in [0.5, 0.6) is 0 Å². The number of hydrogen-bond acceptors (Lipinski definition) is 2. The maximum absolute atomic E-state index is 9.77. The molecule has 0 bridgehead atoms. The monoisotopic (exact) mass is 198 g/mol. The molecule has 0 fully saturated rings. The molecular weight excluding hydrogens is 188 g/mol. The van der Waals surface area contributed by atoms with Gasteiger partial charge in [-0.15, -0.1) is 0 Å². The van der Waals surface area contributed by atoms with Crippen molar-refractivity contribution in [1.29, 1.82) is 0 Å². The molecule has 0 amide bonds. The van der Waals surface area contributed by atoms with Crippen molar-refractivity contribution in [3.63, 3.8) is 0 Å². The third kappa shape index (κ3) is 22.5. The Morgan fingerprint density at radius 2 is 1.40 bits per heavy atom. The molecule has 0 aliphatic heterocycles. The van der Waals surface area contributed by atoms with E-state index in [4.69, 9.17) is 14.9 Å². The van der Waals surface area contributed by atoms with Crippen LogP contribution in [0.3, 0.4) is 0 Å². The van der Waals surface area contributed by atoms with Crippen molar-refractivity contribution < 1.29 is 19.5 Å². The average Bonchev–Trinajstić information content (AvgIpc) is 1.30. The molecule has 0 atom stereocenters. The van der Waals surface area contributed by atoms with E-state index in [1.165, 1.54) is 0 Å². The second kappa shape index (κ2) is 12.1. The first-order valence-electron chi connectivity index (χ1n) is 1.72. The summed E-state index contributed by atoms with van der Waals surface area (Å²) >= 11 is 0. The van der Waals surface area contributed by atoms with E-state index in [-0.39, 0.29) is 88.7 Å². The summed E-state index contributed by atoms with van der Waals surface area (Å²) in [6.45, 7) is -0.454. The van der Waals surface area contributed by atoms with Gasteiger partial charge in [-0.05, 0) is 0 Å². The van der Waals surface area contributed by atoms with Crippen LogP contribution in [0.4, 0.5) is 0 Å². The Hall–Kier alpha value is 3.11. The van der Waals surface area contributed by atoms with E-state index in [0.29, 0.717) is 0 Å². The first-order chi connectivity index (χ1) is 3.06. The van der Waals surface area contributed by atoms with E-state index in [0.717, 1.165) is 0 Å².